The number of benzene rings is 1. The van der Waals surface area contributed by atoms with Crippen molar-refractivity contribution in [2.24, 2.45) is 11.7 Å². The van der Waals surface area contributed by atoms with Gasteiger partial charge in [-0.2, -0.15) is 0 Å². The van der Waals surface area contributed by atoms with Crippen molar-refractivity contribution in [3.8, 4) is 0 Å². The lowest BCUT2D eigenvalue weighted by atomic mass is 9.87. The monoisotopic (exact) mass is 296 g/mol. The predicted molar refractivity (Wildman–Crippen MR) is 81.2 cm³/mol. The summed E-state index contributed by atoms with van der Waals surface area (Å²) >= 11 is 0. The van der Waals surface area contributed by atoms with Crippen molar-refractivity contribution in [2.45, 2.75) is 43.8 Å². The average Bonchev–Trinajstić information content (AvgIpc) is 2.39. The highest BCUT2D eigenvalue weighted by Gasteiger charge is 2.29. The molecule has 1 heterocycles. The fourth-order valence-corrected chi connectivity index (χ4v) is 3.40. The lowest BCUT2D eigenvalue weighted by molar-refractivity contribution is 0.0910. The van der Waals surface area contributed by atoms with Gasteiger partial charge in [0.2, 0.25) is 0 Å². The molecule has 1 aromatic rings. The molecular weight excluding hydrogens is 272 g/mol. The van der Waals surface area contributed by atoms with Crippen molar-refractivity contribution in [3.63, 3.8) is 0 Å². The van der Waals surface area contributed by atoms with E-state index in [0.717, 1.165) is 25.1 Å². The SMILES string of the molecule is CC1C(N)CCN(Cc2ccc(S(C)(=O)=O)cc2)C1C. The lowest BCUT2D eigenvalue weighted by Gasteiger charge is -2.41. The van der Waals surface area contributed by atoms with Crippen LogP contribution in [0.4, 0.5) is 0 Å². The number of rotatable bonds is 3. The van der Waals surface area contributed by atoms with E-state index in [9.17, 15) is 8.42 Å². The topological polar surface area (TPSA) is 63.4 Å². The summed E-state index contributed by atoms with van der Waals surface area (Å²) in [4.78, 5) is 2.80. The van der Waals surface area contributed by atoms with Crippen molar-refractivity contribution < 1.29 is 8.42 Å². The van der Waals surface area contributed by atoms with Crippen LogP contribution in [0.2, 0.25) is 0 Å². The number of hydrogen-bond donors (Lipinski definition) is 1. The molecule has 5 heteroatoms. The molecule has 0 radical (unpaired) electrons. The van der Waals surface area contributed by atoms with E-state index in [1.165, 1.54) is 6.26 Å². The van der Waals surface area contributed by atoms with E-state index in [-0.39, 0.29) is 6.04 Å². The van der Waals surface area contributed by atoms with Gasteiger partial charge in [-0.15, -0.1) is 0 Å². The van der Waals surface area contributed by atoms with E-state index in [1.54, 1.807) is 12.1 Å². The zero-order valence-corrected chi connectivity index (χ0v) is 13.2. The van der Waals surface area contributed by atoms with Crippen molar-refractivity contribution in [3.05, 3.63) is 29.8 Å². The summed E-state index contributed by atoms with van der Waals surface area (Å²) in [7, 11) is -3.11. The summed E-state index contributed by atoms with van der Waals surface area (Å²) in [5.74, 6) is 0.485. The summed E-state index contributed by atoms with van der Waals surface area (Å²) in [6, 6.07) is 7.93. The van der Waals surface area contributed by atoms with Gasteiger partial charge in [-0.05, 0) is 37.0 Å². The number of sulfone groups is 1. The fourth-order valence-electron chi connectivity index (χ4n) is 2.77. The maximum Gasteiger partial charge on any atom is 0.175 e. The Balaban J connectivity index is 2.07. The maximum absolute atomic E-state index is 11.4. The van der Waals surface area contributed by atoms with E-state index in [0.29, 0.717) is 16.9 Å². The van der Waals surface area contributed by atoms with Crippen LogP contribution in [0.1, 0.15) is 25.8 Å². The van der Waals surface area contributed by atoms with Crippen LogP contribution in [0.3, 0.4) is 0 Å². The van der Waals surface area contributed by atoms with Crippen LogP contribution in [-0.4, -0.2) is 38.2 Å². The van der Waals surface area contributed by atoms with Gasteiger partial charge >= 0.3 is 0 Å². The van der Waals surface area contributed by atoms with Crippen LogP contribution in [0.15, 0.2) is 29.2 Å². The third-order valence-electron chi connectivity index (χ3n) is 4.50. The molecule has 3 atom stereocenters. The van der Waals surface area contributed by atoms with Crippen LogP contribution >= 0.6 is 0 Å². The van der Waals surface area contributed by atoms with Gasteiger partial charge in [0.05, 0.1) is 4.90 Å². The van der Waals surface area contributed by atoms with E-state index in [4.69, 9.17) is 5.73 Å². The first-order chi connectivity index (χ1) is 9.29. The third-order valence-corrected chi connectivity index (χ3v) is 5.63. The Morgan fingerprint density at radius 3 is 2.40 bits per heavy atom. The smallest absolute Gasteiger partial charge is 0.175 e. The molecule has 0 spiro atoms. The third kappa shape index (κ3) is 3.40. The van der Waals surface area contributed by atoms with E-state index >= 15 is 0 Å². The molecule has 4 nitrogen and oxygen atoms in total. The Kier molecular flexibility index (Phi) is 4.52. The Hall–Kier alpha value is -0.910. The minimum Gasteiger partial charge on any atom is -0.327 e. The molecule has 2 rings (SSSR count). The van der Waals surface area contributed by atoms with Gasteiger partial charge in [-0.3, -0.25) is 4.90 Å². The van der Waals surface area contributed by atoms with Crippen molar-refractivity contribution in [1.82, 2.24) is 4.90 Å². The molecule has 2 N–H and O–H groups in total. The molecule has 0 saturated carbocycles. The number of hydrogen-bond acceptors (Lipinski definition) is 4. The van der Waals surface area contributed by atoms with Crippen LogP contribution in [-0.2, 0) is 16.4 Å². The predicted octanol–water partition coefficient (Wildman–Crippen LogP) is 1.65. The van der Waals surface area contributed by atoms with E-state index in [2.05, 4.69) is 18.7 Å². The minimum atomic E-state index is -3.11. The van der Waals surface area contributed by atoms with Gasteiger partial charge in [0.1, 0.15) is 0 Å². The molecule has 1 aliphatic heterocycles. The molecule has 0 aromatic heterocycles. The van der Waals surface area contributed by atoms with Gasteiger partial charge in [-0.1, -0.05) is 19.1 Å². The number of piperidine rings is 1. The van der Waals surface area contributed by atoms with Crippen LogP contribution in [0, 0.1) is 5.92 Å². The summed E-state index contributed by atoms with van der Waals surface area (Å²) in [6.45, 7) is 6.27. The Morgan fingerprint density at radius 2 is 1.85 bits per heavy atom. The molecule has 0 aliphatic carbocycles. The first kappa shape index (κ1) is 15.5. The first-order valence-corrected chi connectivity index (χ1v) is 8.97. The van der Waals surface area contributed by atoms with Gasteiger partial charge in [0.25, 0.3) is 0 Å². The molecule has 1 aromatic carbocycles. The summed E-state index contributed by atoms with van der Waals surface area (Å²) < 4.78 is 22.9. The van der Waals surface area contributed by atoms with Gasteiger partial charge in [0, 0.05) is 31.4 Å². The van der Waals surface area contributed by atoms with Crippen molar-refractivity contribution >= 4 is 9.84 Å². The Morgan fingerprint density at radius 1 is 1.25 bits per heavy atom. The van der Waals surface area contributed by atoms with Gasteiger partial charge in [-0.25, -0.2) is 8.42 Å². The van der Waals surface area contributed by atoms with Crippen molar-refractivity contribution in [2.75, 3.05) is 12.8 Å². The lowest BCUT2D eigenvalue weighted by Crippen LogP contribution is -2.51. The highest BCUT2D eigenvalue weighted by molar-refractivity contribution is 7.90. The minimum absolute atomic E-state index is 0.286. The van der Waals surface area contributed by atoms with Crippen LogP contribution in [0.25, 0.3) is 0 Å². The number of likely N-dealkylation sites (tertiary alicyclic amines) is 1. The Bertz CT molecular complexity index is 554. The summed E-state index contributed by atoms with van der Waals surface area (Å²) in [6.07, 6.45) is 2.25. The highest BCUT2D eigenvalue weighted by Crippen LogP contribution is 2.24. The highest BCUT2D eigenvalue weighted by atomic mass is 32.2. The van der Waals surface area contributed by atoms with Crippen LogP contribution < -0.4 is 5.73 Å². The molecule has 1 fully saturated rings. The van der Waals surface area contributed by atoms with E-state index < -0.39 is 9.84 Å². The molecule has 112 valence electrons. The second-order valence-electron chi connectivity index (χ2n) is 5.94. The largest absolute Gasteiger partial charge is 0.327 e. The Labute approximate surface area is 121 Å². The quantitative estimate of drug-likeness (QED) is 0.921. The average molecular weight is 296 g/mol. The van der Waals surface area contributed by atoms with Crippen LogP contribution in [0.5, 0.6) is 0 Å². The van der Waals surface area contributed by atoms with Crippen molar-refractivity contribution in [1.29, 1.82) is 0 Å². The summed E-state index contributed by atoms with van der Waals surface area (Å²) in [5, 5.41) is 0. The first-order valence-electron chi connectivity index (χ1n) is 7.07. The standard InChI is InChI=1S/C15H24N2O2S/c1-11-12(2)17(9-8-15(11)16)10-13-4-6-14(7-5-13)20(3,18)19/h4-7,11-12,15H,8-10,16H2,1-3H3. The second-order valence-corrected chi connectivity index (χ2v) is 7.95. The van der Waals surface area contributed by atoms with E-state index in [1.807, 2.05) is 12.1 Å². The molecule has 0 bridgehead atoms. The number of nitrogens with zero attached hydrogens (tertiary/aromatic N) is 1. The van der Waals surface area contributed by atoms with Gasteiger partial charge in [0.15, 0.2) is 9.84 Å². The molecule has 1 saturated heterocycles. The molecular formula is C15H24N2O2S. The normalized spacial score (nSPS) is 28.5. The maximum atomic E-state index is 11.4. The molecule has 0 amide bonds. The molecule has 20 heavy (non-hydrogen) atoms. The zero-order valence-electron chi connectivity index (χ0n) is 12.4. The molecule has 1 aliphatic rings. The second kappa shape index (κ2) is 5.84. The number of nitrogens with two attached hydrogens (primary N) is 1. The fraction of sp³-hybridized carbons (Fsp3) is 0.600. The summed E-state index contributed by atoms with van der Waals surface area (Å²) in [5.41, 5.74) is 7.24. The van der Waals surface area contributed by atoms with Gasteiger partial charge < -0.3 is 5.73 Å². The zero-order chi connectivity index (χ0) is 14.9. The molecule has 3 unspecified atom stereocenters.